The highest BCUT2D eigenvalue weighted by Gasteiger charge is 2.11. The largest absolute Gasteiger partial charge is 0.316 e. The van der Waals surface area contributed by atoms with Crippen LogP contribution in [0.15, 0.2) is 23.3 Å². The Labute approximate surface area is 64.8 Å². The third-order valence-electron chi connectivity index (χ3n) is 1.68. The van der Waals surface area contributed by atoms with E-state index >= 15 is 0 Å². The highest BCUT2D eigenvalue weighted by Crippen LogP contribution is 2.24. The van der Waals surface area contributed by atoms with E-state index in [2.05, 4.69) is 5.32 Å². The maximum Gasteiger partial charge on any atom is 0.126 e. The van der Waals surface area contributed by atoms with Crippen LogP contribution < -0.4 is 5.32 Å². The molecule has 1 aliphatic carbocycles. The van der Waals surface area contributed by atoms with Crippen LogP contribution in [0.4, 0.5) is 8.78 Å². The number of hydrogen-bond acceptors (Lipinski definition) is 1. The fourth-order valence-corrected chi connectivity index (χ4v) is 1.09. The summed E-state index contributed by atoms with van der Waals surface area (Å²) in [6.45, 7) is 0.510. The van der Waals surface area contributed by atoms with Gasteiger partial charge in [-0.25, -0.2) is 8.78 Å². The molecule has 1 aliphatic rings. The molecule has 0 radical (unpaired) electrons. The third-order valence-corrected chi connectivity index (χ3v) is 1.68. The van der Waals surface area contributed by atoms with Gasteiger partial charge >= 0.3 is 0 Å². The lowest BCUT2D eigenvalue weighted by Crippen LogP contribution is -2.12. The normalized spacial score (nSPS) is 18.6. The van der Waals surface area contributed by atoms with E-state index in [0.29, 0.717) is 25.0 Å². The Morgan fingerprint density at radius 3 is 2.73 bits per heavy atom. The lowest BCUT2D eigenvalue weighted by Gasteiger charge is -2.10. The Bertz CT molecular complexity index is 202. The van der Waals surface area contributed by atoms with E-state index in [-0.39, 0.29) is 5.83 Å². The lowest BCUT2D eigenvalue weighted by molar-refractivity contribution is 0.540. The zero-order valence-corrected chi connectivity index (χ0v) is 6.45. The van der Waals surface area contributed by atoms with E-state index in [1.165, 1.54) is 0 Å². The number of hydrogen-bond donors (Lipinski definition) is 1. The molecule has 3 heteroatoms. The molecule has 62 valence electrons. The summed E-state index contributed by atoms with van der Waals surface area (Å²) in [5.74, 6) is -0.773. The summed E-state index contributed by atoms with van der Waals surface area (Å²) in [6.07, 6.45) is 1.80. The molecule has 0 aromatic heterocycles. The highest BCUT2D eigenvalue weighted by molar-refractivity contribution is 5.27. The number of halogens is 2. The molecule has 0 amide bonds. The van der Waals surface area contributed by atoms with Gasteiger partial charge in [0.15, 0.2) is 0 Å². The van der Waals surface area contributed by atoms with Gasteiger partial charge < -0.3 is 5.32 Å². The van der Waals surface area contributed by atoms with Gasteiger partial charge in [0.25, 0.3) is 0 Å². The first kappa shape index (κ1) is 8.40. The molecule has 0 saturated heterocycles. The van der Waals surface area contributed by atoms with E-state index in [0.717, 1.165) is 6.08 Å². The molecule has 1 nitrogen and oxygen atoms in total. The van der Waals surface area contributed by atoms with E-state index in [4.69, 9.17) is 0 Å². The molecule has 0 saturated carbocycles. The molecule has 0 bridgehead atoms. The lowest BCUT2D eigenvalue weighted by atomic mass is 10.0. The average Bonchev–Trinajstić information content (AvgIpc) is 1.95. The van der Waals surface area contributed by atoms with Crippen molar-refractivity contribution in [1.82, 2.24) is 5.32 Å². The maximum absolute atomic E-state index is 12.8. The fraction of sp³-hybridized carbons (Fsp3) is 0.500. The summed E-state index contributed by atoms with van der Waals surface area (Å²) in [7, 11) is 1.74. The van der Waals surface area contributed by atoms with Gasteiger partial charge in [0.05, 0.1) is 0 Å². The van der Waals surface area contributed by atoms with E-state index in [9.17, 15) is 8.78 Å². The second-order valence-electron chi connectivity index (χ2n) is 2.57. The second kappa shape index (κ2) is 3.62. The van der Waals surface area contributed by atoms with Gasteiger partial charge in [-0.05, 0) is 19.0 Å². The summed E-state index contributed by atoms with van der Waals surface area (Å²) in [6, 6.07) is 0. The van der Waals surface area contributed by atoms with Crippen molar-refractivity contribution in [2.45, 2.75) is 12.8 Å². The minimum atomic E-state index is -0.414. The number of rotatable bonds is 2. The van der Waals surface area contributed by atoms with Gasteiger partial charge in [-0.1, -0.05) is 0 Å². The summed E-state index contributed by atoms with van der Waals surface area (Å²) in [4.78, 5) is 0. The first-order valence-corrected chi connectivity index (χ1v) is 3.62. The minimum absolute atomic E-state index is 0.338. The van der Waals surface area contributed by atoms with Gasteiger partial charge in [-0.2, -0.15) is 0 Å². The first-order valence-electron chi connectivity index (χ1n) is 3.62. The number of allylic oxidation sites excluding steroid dienone is 3. The van der Waals surface area contributed by atoms with Crippen molar-refractivity contribution in [3.8, 4) is 0 Å². The summed E-state index contributed by atoms with van der Waals surface area (Å²) >= 11 is 0. The number of likely N-dealkylation sites (N-methyl/N-ethyl adjacent to an activating group) is 1. The minimum Gasteiger partial charge on any atom is -0.316 e. The molecule has 1 rings (SSSR count). The van der Waals surface area contributed by atoms with Crippen LogP contribution >= 0.6 is 0 Å². The molecule has 0 unspecified atom stereocenters. The first-order chi connectivity index (χ1) is 5.24. The van der Waals surface area contributed by atoms with Crippen LogP contribution in [0.2, 0.25) is 0 Å². The van der Waals surface area contributed by atoms with E-state index in [1.54, 1.807) is 7.05 Å². The van der Waals surface area contributed by atoms with E-state index < -0.39 is 5.83 Å². The molecule has 0 heterocycles. The Balaban J connectivity index is 2.69. The zero-order valence-electron chi connectivity index (χ0n) is 6.45. The maximum atomic E-state index is 12.8. The predicted octanol–water partition coefficient (Wildman–Crippen LogP) is 2.08. The van der Waals surface area contributed by atoms with Crippen molar-refractivity contribution < 1.29 is 8.78 Å². The molecule has 0 aromatic rings. The van der Waals surface area contributed by atoms with Crippen molar-refractivity contribution in [1.29, 1.82) is 0 Å². The second-order valence-corrected chi connectivity index (χ2v) is 2.57. The molecule has 0 spiro atoms. The Hall–Kier alpha value is -0.700. The average molecular weight is 159 g/mol. The van der Waals surface area contributed by atoms with Crippen LogP contribution in [0.5, 0.6) is 0 Å². The SMILES string of the molecule is CNCC1=C(F)C=C(F)CC1. The Morgan fingerprint density at radius 1 is 1.45 bits per heavy atom. The summed E-state index contributed by atoms with van der Waals surface area (Å²) < 4.78 is 25.2. The van der Waals surface area contributed by atoms with Crippen molar-refractivity contribution in [2.24, 2.45) is 0 Å². The molecule has 0 aliphatic heterocycles. The van der Waals surface area contributed by atoms with E-state index in [1.807, 2.05) is 0 Å². The van der Waals surface area contributed by atoms with Crippen LogP contribution in [0.25, 0.3) is 0 Å². The van der Waals surface area contributed by atoms with Gasteiger partial charge in [0, 0.05) is 19.0 Å². The van der Waals surface area contributed by atoms with Crippen LogP contribution in [0, 0.1) is 0 Å². The van der Waals surface area contributed by atoms with Gasteiger partial charge in [0.1, 0.15) is 11.7 Å². The third kappa shape index (κ3) is 2.12. The van der Waals surface area contributed by atoms with Crippen molar-refractivity contribution in [2.75, 3.05) is 13.6 Å². The standard InChI is InChI=1S/C8H11F2N/c1-11-5-6-2-3-7(9)4-8(6)10/h4,11H,2-3,5H2,1H3. The van der Waals surface area contributed by atoms with Crippen LogP contribution in [0.3, 0.4) is 0 Å². The molecule has 1 N–H and O–H groups in total. The van der Waals surface area contributed by atoms with Gasteiger partial charge in [-0.15, -0.1) is 0 Å². The quantitative estimate of drug-likeness (QED) is 0.650. The predicted molar refractivity (Wildman–Crippen MR) is 40.5 cm³/mol. The molecular formula is C8H11F2N. The topological polar surface area (TPSA) is 12.0 Å². The fourth-order valence-electron chi connectivity index (χ4n) is 1.09. The molecule has 0 fully saturated rings. The van der Waals surface area contributed by atoms with Crippen LogP contribution in [-0.4, -0.2) is 13.6 Å². The van der Waals surface area contributed by atoms with Crippen LogP contribution in [0.1, 0.15) is 12.8 Å². The van der Waals surface area contributed by atoms with Gasteiger partial charge in [0.2, 0.25) is 0 Å². The van der Waals surface area contributed by atoms with Crippen molar-refractivity contribution >= 4 is 0 Å². The summed E-state index contributed by atoms with van der Waals surface area (Å²) in [5, 5.41) is 2.83. The van der Waals surface area contributed by atoms with Gasteiger partial charge in [-0.3, -0.25) is 0 Å². The number of nitrogens with one attached hydrogen (secondary N) is 1. The highest BCUT2D eigenvalue weighted by atomic mass is 19.1. The van der Waals surface area contributed by atoms with Crippen LogP contribution in [-0.2, 0) is 0 Å². The molecule has 0 atom stereocenters. The summed E-state index contributed by atoms with van der Waals surface area (Å²) in [5.41, 5.74) is 0.661. The Morgan fingerprint density at radius 2 is 2.18 bits per heavy atom. The molecule has 0 aromatic carbocycles. The van der Waals surface area contributed by atoms with Crippen molar-refractivity contribution in [3.63, 3.8) is 0 Å². The monoisotopic (exact) mass is 159 g/mol. The molecular weight excluding hydrogens is 148 g/mol. The molecule has 11 heavy (non-hydrogen) atoms. The smallest absolute Gasteiger partial charge is 0.126 e. The zero-order chi connectivity index (χ0) is 8.27. The Kier molecular flexibility index (Phi) is 2.76. The van der Waals surface area contributed by atoms with Crippen molar-refractivity contribution in [3.05, 3.63) is 23.3 Å².